The molecule has 0 spiro atoms. The van der Waals surface area contributed by atoms with Crippen molar-refractivity contribution in [3.8, 4) is 5.75 Å². The van der Waals surface area contributed by atoms with Gasteiger partial charge in [-0.2, -0.15) is 0 Å². The topological polar surface area (TPSA) is 35.3 Å². The van der Waals surface area contributed by atoms with Crippen molar-refractivity contribution in [1.29, 1.82) is 0 Å². The highest BCUT2D eigenvalue weighted by Gasteiger charge is 2.08. The van der Waals surface area contributed by atoms with Gasteiger partial charge in [-0.15, -0.1) is 0 Å². The lowest BCUT2D eigenvalue weighted by atomic mass is 10.1. The third-order valence-electron chi connectivity index (χ3n) is 2.95. The summed E-state index contributed by atoms with van der Waals surface area (Å²) in [6.45, 7) is 2.53. The van der Waals surface area contributed by atoms with E-state index in [1.54, 1.807) is 0 Å². The van der Waals surface area contributed by atoms with E-state index in [0.29, 0.717) is 22.4 Å². The van der Waals surface area contributed by atoms with Crippen LogP contribution < -0.4 is 4.74 Å². The van der Waals surface area contributed by atoms with Gasteiger partial charge in [-0.05, 0) is 60.9 Å². The molecule has 1 heterocycles. The minimum Gasteiger partial charge on any atom is -0.490 e. The normalized spacial score (nSPS) is 10.9. The number of ether oxygens (including phenoxy) is 1. The number of aryl methyl sites for hydroxylation is 2. The number of rotatable bonds is 7. The van der Waals surface area contributed by atoms with Gasteiger partial charge in [-0.25, -0.2) is 0 Å². The fourth-order valence-electron chi connectivity index (χ4n) is 1.95. The Labute approximate surface area is 148 Å². The summed E-state index contributed by atoms with van der Waals surface area (Å²) >= 11 is 14.4. The molecule has 0 aliphatic heterocycles. The summed E-state index contributed by atoms with van der Waals surface area (Å²) < 4.78 is 11.8. The first kappa shape index (κ1) is 16.9. The van der Waals surface area contributed by atoms with Crippen LogP contribution in [0.3, 0.4) is 0 Å². The maximum atomic E-state index is 6.12. The molecule has 2 rings (SSSR count). The Morgan fingerprint density at radius 3 is 2.48 bits per heavy atom. The standard InChI is InChI=1S/C15H16Cl2INO2/c1-10-7-12(21-19-10)5-3-2-4-6-20-15-13(16)8-11(18)9-14(15)17/h7-9H,2-6H2,1H3. The van der Waals surface area contributed by atoms with Crippen LogP contribution in [0.1, 0.15) is 30.7 Å². The van der Waals surface area contributed by atoms with E-state index >= 15 is 0 Å². The number of benzene rings is 1. The second kappa shape index (κ2) is 8.25. The quantitative estimate of drug-likeness (QED) is 0.410. The van der Waals surface area contributed by atoms with E-state index in [-0.39, 0.29) is 0 Å². The number of hydrogen-bond acceptors (Lipinski definition) is 3. The van der Waals surface area contributed by atoms with Crippen molar-refractivity contribution in [3.63, 3.8) is 0 Å². The average Bonchev–Trinajstić information content (AvgIpc) is 2.81. The molecule has 0 saturated carbocycles. The molecular formula is C15H16Cl2INO2. The van der Waals surface area contributed by atoms with Gasteiger partial charge in [-0.1, -0.05) is 28.4 Å². The molecule has 0 amide bonds. The molecule has 1 aromatic carbocycles. The molecule has 114 valence electrons. The number of unbranched alkanes of at least 4 members (excludes halogenated alkanes) is 2. The van der Waals surface area contributed by atoms with E-state index < -0.39 is 0 Å². The summed E-state index contributed by atoms with van der Waals surface area (Å²) in [5.41, 5.74) is 0.927. The zero-order valence-corrected chi connectivity index (χ0v) is 15.3. The van der Waals surface area contributed by atoms with Crippen LogP contribution in [0.5, 0.6) is 5.75 Å². The van der Waals surface area contributed by atoms with Gasteiger partial charge in [0.2, 0.25) is 0 Å². The summed E-state index contributed by atoms with van der Waals surface area (Å²) in [6, 6.07) is 5.66. The van der Waals surface area contributed by atoms with E-state index in [9.17, 15) is 0 Å². The molecule has 0 N–H and O–H groups in total. The van der Waals surface area contributed by atoms with Crippen LogP contribution in [0.2, 0.25) is 10.0 Å². The molecule has 0 aliphatic rings. The van der Waals surface area contributed by atoms with Gasteiger partial charge in [0.05, 0.1) is 22.3 Å². The van der Waals surface area contributed by atoms with Crippen molar-refractivity contribution in [2.45, 2.75) is 32.6 Å². The highest BCUT2D eigenvalue weighted by Crippen LogP contribution is 2.34. The van der Waals surface area contributed by atoms with Gasteiger partial charge in [0.25, 0.3) is 0 Å². The maximum absolute atomic E-state index is 6.12. The highest BCUT2D eigenvalue weighted by atomic mass is 127. The zero-order valence-electron chi connectivity index (χ0n) is 11.7. The second-order valence-electron chi connectivity index (χ2n) is 4.79. The Bertz CT molecular complexity index is 578. The number of halogens is 3. The monoisotopic (exact) mass is 439 g/mol. The fraction of sp³-hybridized carbons (Fsp3) is 0.400. The van der Waals surface area contributed by atoms with Crippen LogP contribution in [-0.4, -0.2) is 11.8 Å². The Hall–Kier alpha value is -0.460. The second-order valence-corrected chi connectivity index (χ2v) is 6.85. The summed E-state index contributed by atoms with van der Waals surface area (Å²) in [5.74, 6) is 1.52. The fourth-order valence-corrected chi connectivity index (χ4v) is 3.54. The van der Waals surface area contributed by atoms with E-state index in [4.69, 9.17) is 32.5 Å². The predicted molar refractivity (Wildman–Crippen MR) is 93.5 cm³/mol. The summed E-state index contributed by atoms with van der Waals surface area (Å²) in [7, 11) is 0. The average molecular weight is 440 g/mol. The van der Waals surface area contributed by atoms with Crippen LogP contribution in [0.15, 0.2) is 22.7 Å². The molecule has 0 saturated heterocycles. The summed E-state index contributed by atoms with van der Waals surface area (Å²) in [6.07, 6.45) is 3.96. The van der Waals surface area contributed by atoms with Crippen LogP contribution >= 0.6 is 45.8 Å². The molecule has 0 atom stereocenters. The first-order valence-electron chi connectivity index (χ1n) is 6.76. The lowest BCUT2D eigenvalue weighted by molar-refractivity contribution is 0.303. The Morgan fingerprint density at radius 1 is 1.14 bits per heavy atom. The molecule has 0 radical (unpaired) electrons. The van der Waals surface area contributed by atoms with Crippen molar-refractivity contribution in [2.75, 3.05) is 6.61 Å². The lowest BCUT2D eigenvalue weighted by Crippen LogP contribution is -1.99. The molecule has 21 heavy (non-hydrogen) atoms. The third kappa shape index (κ3) is 5.34. The van der Waals surface area contributed by atoms with Crippen LogP contribution in [0.4, 0.5) is 0 Å². The SMILES string of the molecule is Cc1cc(CCCCCOc2c(Cl)cc(I)cc2Cl)on1. The van der Waals surface area contributed by atoms with Crippen LogP contribution in [0.25, 0.3) is 0 Å². The highest BCUT2D eigenvalue weighted by molar-refractivity contribution is 14.1. The van der Waals surface area contributed by atoms with Gasteiger partial charge in [-0.3, -0.25) is 0 Å². The van der Waals surface area contributed by atoms with E-state index in [0.717, 1.165) is 40.7 Å². The molecule has 6 heteroatoms. The first-order valence-corrected chi connectivity index (χ1v) is 8.59. The first-order chi connectivity index (χ1) is 10.1. The third-order valence-corrected chi connectivity index (χ3v) is 4.14. The Kier molecular flexibility index (Phi) is 6.64. The molecular weight excluding hydrogens is 424 g/mol. The zero-order chi connectivity index (χ0) is 15.2. The van der Waals surface area contributed by atoms with Crippen LogP contribution in [0, 0.1) is 10.5 Å². The van der Waals surface area contributed by atoms with Gasteiger partial charge in [0.1, 0.15) is 5.76 Å². The smallest absolute Gasteiger partial charge is 0.156 e. The molecule has 3 nitrogen and oxygen atoms in total. The molecule has 0 bridgehead atoms. The predicted octanol–water partition coefficient (Wildman–Crippen LogP) is 5.69. The van der Waals surface area contributed by atoms with E-state index in [2.05, 4.69) is 27.7 Å². The summed E-state index contributed by atoms with van der Waals surface area (Å²) in [5, 5.41) is 4.99. The maximum Gasteiger partial charge on any atom is 0.156 e. The molecule has 1 aromatic heterocycles. The molecule has 0 unspecified atom stereocenters. The van der Waals surface area contributed by atoms with Gasteiger partial charge >= 0.3 is 0 Å². The molecule has 2 aromatic rings. The van der Waals surface area contributed by atoms with Gasteiger partial charge in [0.15, 0.2) is 5.75 Å². The van der Waals surface area contributed by atoms with E-state index in [1.165, 1.54) is 0 Å². The number of hydrogen-bond donors (Lipinski definition) is 0. The Balaban J connectivity index is 1.68. The van der Waals surface area contributed by atoms with Crippen molar-refractivity contribution in [2.24, 2.45) is 0 Å². The number of nitrogens with zero attached hydrogens (tertiary/aromatic N) is 1. The van der Waals surface area contributed by atoms with Crippen LogP contribution in [-0.2, 0) is 6.42 Å². The van der Waals surface area contributed by atoms with Crippen molar-refractivity contribution in [3.05, 3.63) is 43.3 Å². The molecule has 0 aliphatic carbocycles. The van der Waals surface area contributed by atoms with Gasteiger partial charge in [0, 0.05) is 16.1 Å². The lowest BCUT2D eigenvalue weighted by Gasteiger charge is -2.10. The van der Waals surface area contributed by atoms with Gasteiger partial charge < -0.3 is 9.26 Å². The summed E-state index contributed by atoms with van der Waals surface area (Å²) in [4.78, 5) is 0. The number of aromatic nitrogens is 1. The molecule has 0 fully saturated rings. The minimum atomic E-state index is 0.559. The van der Waals surface area contributed by atoms with Crippen molar-refractivity contribution >= 4 is 45.8 Å². The van der Waals surface area contributed by atoms with E-state index in [1.807, 2.05) is 25.1 Å². The largest absolute Gasteiger partial charge is 0.490 e. The Morgan fingerprint density at radius 2 is 1.86 bits per heavy atom. The van der Waals surface area contributed by atoms with Crippen molar-refractivity contribution < 1.29 is 9.26 Å². The van der Waals surface area contributed by atoms with Crippen molar-refractivity contribution in [1.82, 2.24) is 5.16 Å². The minimum absolute atomic E-state index is 0.559.